The summed E-state index contributed by atoms with van der Waals surface area (Å²) >= 11 is 0. The number of para-hydroxylation sites is 1. The molecule has 2 aromatic rings. The minimum Gasteiger partial charge on any atom is -0.465 e. The molecule has 1 aromatic heterocycles. The molecule has 0 aliphatic rings. The van der Waals surface area contributed by atoms with E-state index in [-0.39, 0.29) is 24.5 Å². The van der Waals surface area contributed by atoms with Gasteiger partial charge in [0, 0.05) is 0 Å². The summed E-state index contributed by atoms with van der Waals surface area (Å²) in [6, 6.07) is 6.65. The molecule has 6 nitrogen and oxygen atoms in total. The van der Waals surface area contributed by atoms with Crippen LogP contribution < -0.4 is 5.43 Å². The zero-order valence-electron chi connectivity index (χ0n) is 13.3. The lowest BCUT2D eigenvalue weighted by Gasteiger charge is -2.16. The molecule has 1 aromatic carbocycles. The van der Waals surface area contributed by atoms with Crippen molar-refractivity contribution < 1.29 is 23.5 Å². The Hall–Kier alpha value is -2.63. The monoisotopic (exact) mass is 318 g/mol. The maximum atomic E-state index is 12.7. The molecule has 1 heterocycles. The van der Waals surface area contributed by atoms with Crippen molar-refractivity contribution >= 4 is 22.9 Å². The summed E-state index contributed by atoms with van der Waals surface area (Å²) in [5.41, 5.74) is -0.0822. The van der Waals surface area contributed by atoms with E-state index in [0.29, 0.717) is 11.0 Å². The molecule has 0 bridgehead atoms. The number of carbonyl (C=O) groups excluding carboxylic acids is 2. The van der Waals surface area contributed by atoms with Crippen LogP contribution in [0.1, 0.15) is 31.1 Å². The van der Waals surface area contributed by atoms with Gasteiger partial charge < -0.3 is 13.9 Å². The van der Waals surface area contributed by atoms with E-state index in [2.05, 4.69) is 0 Å². The number of aryl methyl sites for hydroxylation is 1. The first-order valence-electron chi connectivity index (χ1n) is 7.36. The highest BCUT2D eigenvalue weighted by molar-refractivity contribution is 6.01. The summed E-state index contributed by atoms with van der Waals surface area (Å²) in [5.74, 6) is -2.90. The molecule has 0 fully saturated rings. The second-order valence-corrected chi connectivity index (χ2v) is 4.83. The fourth-order valence-corrected chi connectivity index (χ4v) is 2.39. The number of hydrogen-bond acceptors (Lipinski definition) is 6. The molecule has 23 heavy (non-hydrogen) atoms. The molecule has 0 N–H and O–H groups in total. The predicted octanol–water partition coefficient (Wildman–Crippen LogP) is 2.31. The number of esters is 2. The van der Waals surface area contributed by atoms with E-state index in [1.807, 2.05) is 0 Å². The van der Waals surface area contributed by atoms with E-state index in [9.17, 15) is 14.4 Å². The molecular weight excluding hydrogens is 300 g/mol. The van der Waals surface area contributed by atoms with Gasteiger partial charge in [0.2, 0.25) is 0 Å². The molecule has 0 aliphatic carbocycles. The summed E-state index contributed by atoms with van der Waals surface area (Å²) in [4.78, 5) is 37.1. The molecule has 0 radical (unpaired) electrons. The fraction of sp³-hybridized carbons (Fsp3) is 0.353. The van der Waals surface area contributed by atoms with Gasteiger partial charge in [-0.2, -0.15) is 0 Å². The number of fused-ring (bicyclic) bond motifs is 1. The molecule has 0 saturated carbocycles. The number of hydrogen-bond donors (Lipinski definition) is 0. The van der Waals surface area contributed by atoms with E-state index in [1.54, 1.807) is 38.1 Å². The summed E-state index contributed by atoms with van der Waals surface area (Å²) in [5, 5.41) is 0.298. The number of ether oxygens (including phenoxy) is 2. The zero-order chi connectivity index (χ0) is 17.0. The first-order chi connectivity index (χ1) is 11.0. The average molecular weight is 318 g/mol. The van der Waals surface area contributed by atoms with Gasteiger partial charge in [-0.15, -0.1) is 0 Å². The lowest BCUT2D eigenvalue weighted by Crippen LogP contribution is -2.31. The minimum absolute atomic E-state index is 0.0411. The molecule has 0 spiro atoms. The second-order valence-electron chi connectivity index (χ2n) is 4.83. The molecule has 122 valence electrons. The van der Waals surface area contributed by atoms with Crippen LogP contribution >= 0.6 is 0 Å². The van der Waals surface area contributed by atoms with Crippen LogP contribution in [0.3, 0.4) is 0 Å². The molecule has 0 atom stereocenters. The number of benzene rings is 1. The first kappa shape index (κ1) is 16.7. The van der Waals surface area contributed by atoms with Crippen LogP contribution in [0.25, 0.3) is 11.0 Å². The van der Waals surface area contributed by atoms with Crippen LogP contribution in [0.15, 0.2) is 33.5 Å². The van der Waals surface area contributed by atoms with Gasteiger partial charge in [-0.25, -0.2) is 0 Å². The van der Waals surface area contributed by atoms with Crippen LogP contribution in [0, 0.1) is 6.92 Å². The van der Waals surface area contributed by atoms with Crippen molar-refractivity contribution in [2.75, 3.05) is 13.2 Å². The maximum absolute atomic E-state index is 12.7. The molecular formula is C17H18O6. The molecule has 2 rings (SSSR count). The largest absolute Gasteiger partial charge is 0.465 e. The van der Waals surface area contributed by atoms with Crippen LogP contribution in [0.5, 0.6) is 0 Å². The molecule has 0 saturated heterocycles. The van der Waals surface area contributed by atoms with E-state index in [1.165, 1.54) is 6.92 Å². The molecule has 0 aliphatic heterocycles. The summed E-state index contributed by atoms with van der Waals surface area (Å²) < 4.78 is 15.5. The first-order valence-corrected chi connectivity index (χ1v) is 7.36. The van der Waals surface area contributed by atoms with Gasteiger partial charge in [0.25, 0.3) is 0 Å². The Morgan fingerprint density at radius 1 is 1.09 bits per heavy atom. The normalized spacial score (nSPS) is 10.8. The standard InChI is InChI=1S/C17H18O6/c1-4-21-16(19)14(17(20)22-5-2)13-10(3)23-12-9-7-6-8-11(12)15(13)18/h6-9,14H,4-5H2,1-3H3. The highest BCUT2D eigenvalue weighted by Gasteiger charge is 2.36. The van der Waals surface area contributed by atoms with Gasteiger partial charge in [0.15, 0.2) is 11.3 Å². The number of carbonyl (C=O) groups is 2. The Kier molecular flexibility index (Phi) is 5.16. The topological polar surface area (TPSA) is 82.8 Å². The Balaban J connectivity index is 2.67. The van der Waals surface area contributed by atoms with Crippen LogP contribution in [-0.4, -0.2) is 25.2 Å². The van der Waals surface area contributed by atoms with Crippen LogP contribution in [0.2, 0.25) is 0 Å². The summed E-state index contributed by atoms with van der Waals surface area (Å²) in [6.07, 6.45) is 0. The highest BCUT2D eigenvalue weighted by Crippen LogP contribution is 2.24. The van der Waals surface area contributed by atoms with Crippen molar-refractivity contribution in [3.63, 3.8) is 0 Å². The predicted molar refractivity (Wildman–Crippen MR) is 83.2 cm³/mol. The lowest BCUT2D eigenvalue weighted by molar-refractivity contribution is -0.157. The van der Waals surface area contributed by atoms with E-state index < -0.39 is 23.3 Å². The summed E-state index contributed by atoms with van der Waals surface area (Å²) in [6.45, 7) is 4.96. The third-order valence-electron chi connectivity index (χ3n) is 3.35. The van der Waals surface area contributed by atoms with Crippen LogP contribution in [-0.2, 0) is 19.1 Å². The lowest BCUT2D eigenvalue weighted by atomic mass is 9.96. The van der Waals surface area contributed by atoms with E-state index >= 15 is 0 Å². The van der Waals surface area contributed by atoms with E-state index in [0.717, 1.165) is 0 Å². The van der Waals surface area contributed by atoms with Gasteiger partial charge in [0.1, 0.15) is 11.3 Å². The maximum Gasteiger partial charge on any atom is 0.325 e. The minimum atomic E-state index is -1.45. The van der Waals surface area contributed by atoms with Crippen molar-refractivity contribution in [1.29, 1.82) is 0 Å². The molecule has 0 amide bonds. The molecule has 6 heteroatoms. The molecule has 0 unspecified atom stereocenters. The van der Waals surface area contributed by atoms with Gasteiger partial charge in [0.05, 0.1) is 24.2 Å². The highest BCUT2D eigenvalue weighted by atomic mass is 16.6. The Morgan fingerprint density at radius 3 is 2.22 bits per heavy atom. The van der Waals surface area contributed by atoms with Gasteiger partial charge in [-0.05, 0) is 32.9 Å². The van der Waals surface area contributed by atoms with Gasteiger partial charge >= 0.3 is 11.9 Å². The SMILES string of the molecule is CCOC(=O)C(C(=O)OCC)c1c(C)oc2ccccc2c1=O. The van der Waals surface area contributed by atoms with Crippen molar-refractivity contribution in [3.05, 3.63) is 45.8 Å². The zero-order valence-corrected chi connectivity index (χ0v) is 13.3. The fourth-order valence-electron chi connectivity index (χ4n) is 2.39. The van der Waals surface area contributed by atoms with Crippen molar-refractivity contribution in [2.24, 2.45) is 0 Å². The third kappa shape index (κ3) is 3.26. The summed E-state index contributed by atoms with van der Waals surface area (Å²) in [7, 11) is 0. The van der Waals surface area contributed by atoms with Crippen molar-refractivity contribution in [3.8, 4) is 0 Å². The van der Waals surface area contributed by atoms with Gasteiger partial charge in [-0.1, -0.05) is 12.1 Å². The number of rotatable bonds is 5. The Labute approximate surface area is 133 Å². The Bertz CT molecular complexity index is 771. The van der Waals surface area contributed by atoms with Crippen molar-refractivity contribution in [2.45, 2.75) is 26.7 Å². The van der Waals surface area contributed by atoms with Crippen molar-refractivity contribution in [1.82, 2.24) is 0 Å². The second kappa shape index (κ2) is 7.09. The quantitative estimate of drug-likeness (QED) is 0.621. The smallest absolute Gasteiger partial charge is 0.325 e. The third-order valence-corrected chi connectivity index (χ3v) is 3.35. The van der Waals surface area contributed by atoms with Gasteiger partial charge in [-0.3, -0.25) is 14.4 Å². The van der Waals surface area contributed by atoms with E-state index in [4.69, 9.17) is 13.9 Å². The van der Waals surface area contributed by atoms with Crippen LogP contribution in [0.4, 0.5) is 0 Å². The Morgan fingerprint density at radius 2 is 1.65 bits per heavy atom. The average Bonchev–Trinajstić information content (AvgIpc) is 2.51.